The third-order valence-electron chi connectivity index (χ3n) is 3.56. The van der Waals surface area contributed by atoms with Crippen LogP contribution in [-0.4, -0.2) is 43.9 Å². The maximum absolute atomic E-state index is 13.6. The van der Waals surface area contributed by atoms with Crippen molar-refractivity contribution in [1.29, 1.82) is 0 Å². The highest BCUT2D eigenvalue weighted by Crippen LogP contribution is 2.26. The van der Waals surface area contributed by atoms with Crippen LogP contribution in [0.5, 0.6) is 5.75 Å². The molecule has 3 rings (SSSR count). The molecule has 1 atom stereocenters. The minimum absolute atomic E-state index is 0. The lowest BCUT2D eigenvalue weighted by molar-refractivity contribution is 0.258. The van der Waals surface area contributed by atoms with Crippen molar-refractivity contribution in [2.45, 2.75) is 6.04 Å². The molecule has 0 bridgehead atoms. The number of fused-ring (bicyclic) bond motifs is 1. The first-order chi connectivity index (χ1) is 10.6. The zero-order chi connectivity index (χ0) is 15.5. The highest BCUT2D eigenvalue weighted by Gasteiger charge is 2.21. The van der Waals surface area contributed by atoms with Crippen LogP contribution >= 0.6 is 37.2 Å². The molecule has 0 amide bonds. The molecule has 0 fully saturated rings. The zero-order valence-corrected chi connectivity index (χ0v) is 16.5. The van der Waals surface area contributed by atoms with Crippen molar-refractivity contribution in [3.63, 3.8) is 0 Å². The molecule has 0 saturated carbocycles. The van der Waals surface area contributed by atoms with E-state index in [1.807, 2.05) is 44.4 Å². The molecule has 0 aliphatic carbocycles. The highest BCUT2D eigenvalue weighted by atomic mass is 35.5. The predicted molar refractivity (Wildman–Crippen MR) is 108 cm³/mol. The van der Waals surface area contributed by atoms with Crippen LogP contribution in [0.2, 0.25) is 0 Å². The zero-order valence-electron chi connectivity index (χ0n) is 14.0. The number of halogens is 4. The monoisotopic (exact) mass is 406 g/mol. The Kier molecular flexibility index (Phi) is 10.0. The summed E-state index contributed by atoms with van der Waals surface area (Å²) in [6.07, 6.45) is 0. The van der Waals surface area contributed by atoms with Crippen LogP contribution in [0.15, 0.2) is 53.5 Å². The molecule has 3 nitrogen and oxygen atoms in total. The van der Waals surface area contributed by atoms with Crippen molar-refractivity contribution in [2.24, 2.45) is 4.99 Å². The summed E-state index contributed by atoms with van der Waals surface area (Å²) in [5.41, 5.74) is 2.48. The third-order valence-corrected chi connectivity index (χ3v) is 3.56. The predicted octanol–water partition coefficient (Wildman–Crippen LogP) is 4.25. The summed E-state index contributed by atoms with van der Waals surface area (Å²) in [5.74, 6) is 0.541. The maximum atomic E-state index is 13.6. The molecule has 1 aliphatic rings. The summed E-state index contributed by atoms with van der Waals surface area (Å²) < 4.78 is 19.5. The van der Waals surface area contributed by atoms with E-state index >= 15 is 0 Å². The minimum Gasteiger partial charge on any atom is -0.491 e. The number of hydrogen-bond acceptors (Lipinski definition) is 3. The Labute approximate surface area is 166 Å². The Morgan fingerprint density at radius 3 is 2.48 bits per heavy atom. The fourth-order valence-corrected chi connectivity index (χ4v) is 2.64. The van der Waals surface area contributed by atoms with Gasteiger partial charge in [-0.15, -0.1) is 37.2 Å². The van der Waals surface area contributed by atoms with E-state index in [1.54, 1.807) is 6.07 Å². The molecule has 1 aliphatic heterocycles. The van der Waals surface area contributed by atoms with Gasteiger partial charge in [0.05, 0.1) is 11.8 Å². The van der Waals surface area contributed by atoms with Gasteiger partial charge in [0.2, 0.25) is 0 Å². The van der Waals surface area contributed by atoms with Gasteiger partial charge in [-0.05, 0) is 38.4 Å². The Morgan fingerprint density at radius 1 is 1.08 bits per heavy atom. The number of rotatable bonds is 3. The Bertz CT molecular complexity index is 710. The van der Waals surface area contributed by atoms with Crippen LogP contribution in [0.3, 0.4) is 0 Å². The Hall–Kier alpha value is -1.33. The molecule has 2 aromatic rings. The van der Waals surface area contributed by atoms with Gasteiger partial charge in [0.25, 0.3) is 0 Å². The highest BCUT2D eigenvalue weighted by molar-refractivity contribution is 6.14. The summed E-state index contributed by atoms with van der Waals surface area (Å²) >= 11 is 0. The molecule has 7 heteroatoms. The van der Waals surface area contributed by atoms with Crippen LogP contribution in [-0.2, 0) is 0 Å². The van der Waals surface area contributed by atoms with Gasteiger partial charge in [0.1, 0.15) is 18.2 Å². The number of nitrogens with zero attached hydrogens (tertiary/aromatic N) is 2. The lowest BCUT2D eigenvalue weighted by atomic mass is 10.0. The number of aliphatic imine (C=N–C) groups is 1. The van der Waals surface area contributed by atoms with Gasteiger partial charge in [0.15, 0.2) is 0 Å². The molecule has 0 aromatic heterocycles. The van der Waals surface area contributed by atoms with Gasteiger partial charge in [-0.2, -0.15) is 0 Å². The summed E-state index contributed by atoms with van der Waals surface area (Å²) in [7, 11) is 4.02. The molecule has 0 N–H and O–H groups in total. The van der Waals surface area contributed by atoms with E-state index < -0.39 is 0 Å². The van der Waals surface area contributed by atoms with Gasteiger partial charge in [-0.25, -0.2) is 4.39 Å². The smallest absolute Gasteiger partial charge is 0.128 e. The lowest BCUT2D eigenvalue weighted by Crippen LogP contribution is -2.29. The summed E-state index contributed by atoms with van der Waals surface area (Å²) in [6.45, 7) is 1.31. The second-order valence-corrected chi connectivity index (χ2v) is 5.71. The van der Waals surface area contributed by atoms with Crippen molar-refractivity contribution in [3.8, 4) is 5.75 Å². The van der Waals surface area contributed by atoms with Crippen LogP contribution in [0.4, 0.5) is 4.39 Å². The average Bonchev–Trinajstić information content (AvgIpc) is 2.67. The molecule has 0 radical (unpaired) electrons. The quantitative estimate of drug-likeness (QED) is 0.760. The first kappa shape index (κ1) is 23.7. The van der Waals surface area contributed by atoms with E-state index in [0.717, 1.165) is 29.1 Å². The van der Waals surface area contributed by atoms with Gasteiger partial charge in [-0.1, -0.05) is 24.3 Å². The number of likely N-dealkylation sites (N-methyl/N-ethyl adjacent to an activating group) is 1. The molecule has 1 heterocycles. The lowest BCUT2D eigenvalue weighted by Gasteiger charge is -2.16. The molecular weight excluding hydrogens is 386 g/mol. The Balaban J connectivity index is 0.00000192. The Morgan fingerprint density at radius 2 is 1.80 bits per heavy atom. The first-order valence-corrected chi connectivity index (χ1v) is 7.34. The molecule has 0 spiro atoms. The maximum Gasteiger partial charge on any atom is 0.128 e. The van der Waals surface area contributed by atoms with Crippen LogP contribution in [0.1, 0.15) is 11.1 Å². The summed E-state index contributed by atoms with van der Waals surface area (Å²) in [4.78, 5) is 6.93. The van der Waals surface area contributed by atoms with E-state index in [0.29, 0.717) is 6.61 Å². The standard InChI is InChI=1S/C18H19FN2O.3ClH/c1-21(2)11-15-12-22-17-9-4-3-8-16(17)18(20-15)13-6-5-7-14(19)10-13;;;/h3-10,15H,11-12H2,1-2H3;3*1H. The fraction of sp³-hybridized carbons (Fsp3) is 0.278. The molecule has 1 unspecified atom stereocenters. The number of ether oxygens (including phenoxy) is 1. The van der Waals surface area contributed by atoms with Crippen molar-refractivity contribution >= 4 is 42.9 Å². The second kappa shape index (κ2) is 10.6. The van der Waals surface area contributed by atoms with Crippen molar-refractivity contribution < 1.29 is 9.13 Å². The normalized spacial score (nSPS) is 15.4. The SMILES string of the molecule is CN(C)CC1COc2ccccc2C(c2cccc(F)c2)=N1.Cl.Cl.Cl. The largest absolute Gasteiger partial charge is 0.491 e. The van der Waals surface area contributed by atoms with Crippen LogP contribution < -0.4 is 4.74 Å². The molecular formula is C18H22Cl3FN2O. The van der Waals surface area contributed by atoms with Gasteiger partial charge in [-0.3, -0.25) is 4.99 Å². The fourth-order valence-electron chi connectivity index (χ4n) is 2.64. The van der Waals surface area contributed by atoms with E-state index in [9.17, 15) is 4.39 Å². The molecule has 2 aromatic carbocycles. The molecule has 0 saturated heterocycles. The average molecular weight is 408 g/mol. The van der Waals surface area contributed by atoms with E-state index in [4.69, 9.17) is 9.73 Å². The second-order valence-electron chi connectivity index (χ2n) is 5.71. The van der Waals surface area contributed by atoms with E-state index in [1.165, 1.54) is 12.1 Å². The van der Waals surface area contributed by atoms with Crippen molar-refractivity contribution in [3.05, 3.63) is 65.5 Å². The van der Waals surface area contributed by atoms with Gasteiger partial charge < -0.3 is 9.64 Å². The number of hydrogen-bond donors (Lipinski definition) is 0. The van der Waals surface area contributed by atoms with Crippen LogP contribution in [0.25, 0.3) is 0 Å². The topological polar surface area (TPSA) is 24.8 Å². The summed E-state index contributed by atoms with van der Waals surface area (Å²) in [6, 6.07) is 14.4. The first-order valence-electron chi connectivity index (χ1n) is 7.34. The summed E-state index contributed by atoms with van der Waals surface area (Å²) in [5, 5.41) is 0. The van der Waals surface area contributed by atoms with Crippen molar-refractivity contribution in [2.75, 3.05) is 27.2 Å². The van der Waals surface area contributed by atoms with E-state index in [-0.39, 0.29) is 49.1 Å². The molecule has 138 valence electrons. The minimum atomic E-state index is -0.257. The van der Waals surface area contributed by atoms with Gasteiger partial charge >= 0.3 is 0 Å². The number of para-hydroxylation sites is 1. The third kappa shape index (κ3) is 5.86. The molecule has 25 heavy (non-hydrogen) atoms. The van der Waals surface area contributed by atoms with Gasteiger partial charge in [0, 0.05) is 17.7 Å². The number of benzene rings is 2. The van der Waals surface area contributed by atoms with Crippen molar-refractivity contribution in [1.82, 2.24) is 4.90 Å². The van der Waals surface area contributed by atoms with E-state index in [2.05, 4.69) is 4.90 Å². The van der Waals surface area contributed by atoms with Crippen LogP contribution in [0, 0.1) is 5.82 Å².